The third-order valence-electron chi connectivity index (χ3n) is 7.16. The number of aryl methyl sites for hydroxylation is 1. The summed E-state index contributed by atoms with van der Waals surface area (Å²) >= 11 is 13.1. The largest absolute Gasteiger partial charge is 0.350 e. The summed E-state index contributed by atoms with van der Waals surface area (Å²) in [6, 6.07) is 24.0. The van der Waals surface area contributed by atoms with Crippen LogP contribution in [0, 0.1) is 12.7 Å². The molecule has 7 nitrogen and oxygen atoms in total. The molecule has 1 N–H and O–H groups in total. The third-order valence-corrected chi connectivity index (χ3v) is 9.66. The van der Waals surface area contributed by atoms with Crippen molar-refractivity contribution < 1.29 is 22.4 Å². The Morgan fingerprint density at radius 1 is 0.848 bits per heavy atom. The van der Waals surface area contributed by atoms with Crippen LogP contribution in [0.1, 0.15) is 37.5 Å². The van der Waals surface area contributed by atoms with Crippen LogP contribution in [0.2, 0.25) is 10.0 Å². The van der Waals surface area contributed by atoms with Crippen molar-refractivity contribution in [2.75, 3.05) is 10.8 Å². The Morgan fingerprint density at radius 2 is 1.43 bits per heavy atom. The lowest BCUT2D eigenvalue weighted by Gasteiger charge is -2.35. The number of sulfonamides is 1. The van der Waals surface area contributed by atoms with E-state index in [2.05, 4.69) is 5.32 Å². The number of carbonyl (C=O) groups excluding carboxylic acids is 2. The van der Waals surface area contributed by atoms with Gasteiger partial charge in [0, 0.05) is 34.1 Å². The SMILES string of the molecule is Cc1ccc(S(=O)(=O)N(CC(=O)N(Cc2c(Cl)cccc2Cl)[C@H](Cc2ccccc2)C(=O)NC(C)(C)C)c2ccc(F)cc2)cc1. The molecule has 0 aromatic heterocycles. The smallest absolute Gasteiger partial charge is 0.264 e. The Labute approximate surface area is 280 Å². The van der Waals surface area contributed by atoms with Gasteiger partial charge in [-0.1, -0.05) is 77.3 Å². The normalized spacial score (nSPS) is 12.3. The Bertz CT molecular complexity index is 1760. The van der Waals surface area contributed by atoms with Gasteiger partial charge in [-0.25, -0.2) is 12.8 Å². The summed E-state index contributed by atoms with van der Waals surface area (Å²) in [4.78, 5) is 29.8. The summed E-state index contributed by atoms with van der Waals surface area (Å²) in [7, 11) is -4.32. The predicted octanol–water partition coefficient (Wildman–Crippen LogP) is 7.19. The first-order valence-corrected chi connectivity index (χ1v) is 16.8. The fraction of sp³-hybridized carbons (Fsp3) is 0.257. The van der Waals surface area contributed by atoms with Crippen molar-refractivity contribution in [2.45, 2.75) is 57.1 Å². The van der Waals surface area contributed by atoms with Gasteiger partial charge in [-0.3, -0.25) is 13.9 Å². The summed E-state index contributed by atoms with van der Waals surface area (Å²) in [6.45, 7) is 6.42. The van der Waals surface area contributed by atoms with Crippen LogP contribution in [0.25, 0.3) is 0 Å². The minimum absolute atomic E-state index is 0.0535. The molecule has 0 aliphatic heterocycles. The third kappa shape index (κ3) is 8.87. The first-order valence-electron chi connectivity index (χ1n) is 14.6. The van der Waals surface area contributed by atoms with E-state index in [9.17, 15) is 22.4 Å². The molecule has 0 saturated carbocycles. The van der Waals surface area contributed by atoms with Gasteiger partial charge >= 0.3 is 0 Å². The molecule has 11 heteroatoms. The summed E-state index contributed by atoms with van der Waals surface area (Å²) in [5.74, 6) is -1.71. The van der Waals surface area contributed by atoms with Gasteiger partial charge in [-0.05, 0) is 81.8 Å². The van der Waals surface area contributed by atoms with Crippen LogP contribution in [0.15, 0.2) is 102 Å². The summed E-state index contributed by atoms with van der Waals surface area (Å²) < 4.78 is 43.0. The molecule has 4 aromatic rings. The molecule has 4 aromatic carbocycles. The van der Waals surface area contributed by atoms with Gasteiger partial charge in [0.2, 0.25) is 11.8 Å². The highest BCUT2D eigenvalue weighted by molar-refractivity contribution is 7.92. The number of nitrogens with zero attached hydrogens (tertiary/aromatic N) is 2. The topological polar surface area (TPSA) is 86.8 Å². The van der Waals surface area contributed by atoms with Crippen molar-refractivity contribution in [3.05, 3.63) is 130 Å². The minimum Gasteiger partial charge on any atom is -0.350 e. The van der Waals surface area contributed by atoms with Gasteiger partial charge in [-0.2, -0.15) is 0 Å². The molecule has 4 rings (SSSR count). The van der Waals surface area contributed by atoms with Crippen LogP contribution < -0.4 is 9.62 Å². The summed E-state index contributed by atoms with van der Waals surface area (Å²) in [5.41, 5.74) is 1.46. The number of nitrogens with one attached hydrogen (secondary N) is 1. The summed E-state index contributed by atoms with van der Waals surface area (Å²) in [6.07, 6.45) is 0.123. The van der Waals surface area contributed by atoms with E-state index in [1.54, 1.807) is 30.3 Å². The number of anilines is 1. The average molecular weight is 685 g/mol. The van der Waals surface area contributed by atoms with Crippen molar-refractivity contribution in [2.24, 2.45) is 0 Å². The van der Waals surface area contributed by atoms with Crippen molar-refractivity contribution in [3.8, 4) is 0 Å². The maximum Gasteiger partial charge on any atom is 0.264 e. The quantitative estimate of drug-likeness (QED) is 0.181. The fourth-order valence-electron chi connectivity index (χ4n) is 4.83. The van der Waals surface area contributed by atoms with Crippen molar-refractivity contribution in [3.63, 3.8) is 0 Å². The van der Waals surface area contributed by atoms with Crippen LogP contribution in [-0.4, -0.2) is 43.3 Å². The standard InChI is InChI=1S/C35H36Cl2FN3O4S/c1-24-13-19-28(20-14-24)46(44,45)41(27-17-15-26(38)16-18-27)23-33(42)40(22-29-30(36)11-8-12-31(29)37)32(34(43)39-35(2,3)4)21-25-9-6-5-7-10-25/h5-20,32H,21-23H2,1-4H3,(H,39,43)/t32-/m1/s1. The average Bonchev–Trinajstić information content (AvgIpc) is 2.99. The van der Waals surface area contributed by atoms with Crippen LogP contribution in [-0.2, 0) is 32.6 Å². The zero-order valence-corrected chi connectivity index (χ0v) is 28.3. The molecule has 0 heterocycles. The molecular formula is C35H36Cl2FN3O4S. The number of amides is 2. The molecular weight excluding hydrogens is 648 g/mol. The van der Waals surface area contributed by atoms with E-state index in [1.807, 2.05) is 58.0 Å². The zero-order chi connectivity index (χ0) is 33.6. The van der Waals surface area contributed by atoms with Gasteiger partial charge in [0.25, 0.3) is 10.0 Å². The molecule has 0 radical (unpaired) electrons. The molecule has 0 aliphatic carbocycles. The second-order valence-corrected chi connectivity index (χ2v) is 14.6. The van der Waals surface area contributed by atoms with Crippen molar-refractivity contribution >= 4 is 50.7 Å². The minimum atomic E-state index is -4.32. The Kier molecular flexibility index (Phi) is 11.1. The summed E-state index contributed by atoms with van der Waals surface area (Å²) in [5, 5.41) is 3.53. The van der Waals surface area contributed by atoms with E-state index in [1.165, 1.54) is 29.2 Å². The fourth-order valence-corrected chi connectivity index (χ4v) is 6.77. The van der Waals surface area contributed by atoms with E-state index in [4.69, 9.17) is 23.2 Å². The number of hydrogen-bond donors (Lipinski definition) is 1. The number of hydrogen-bond acceptors (Lipinski definition) is 4. The highest BCUT2D eigenvalue weighted by Gasteiger charge is 2.36. The number of halogens is 3. The Morgan fingerprint density at radius 3 is 2.00 bits per heavy atom. The molecule has 0 saturated heterocycles. The zero-order valence-electron chi connectivity index (χ0n) is 26.0. The maximum atomic E-state index is 14.5. The maximum absolute atomic E-state index is 14.5. The molecule has 0 bridgehead atoms. The first kappa shape index (κ1) is 34.9. The molecule has 2 amide bonds. The molecule has 1 atom stereocenters. The lowest BCUT2D eigenvalue weighted by atomic mass is 10.0. The van der Waals surface area contributed by atoms with E-state index in [-0.39, 0.29) is 33.6 Å². The van der Waals surface area contributed by atoms with Crippen LogP contribution in [0.4, 0.5) is 10.1 Å². The van der Waals surface area contributed by atoms with E-state index >= 15 is 0 Å². The molecule has 242 valence electrons. The van der Waals surface area contributed by atoms with Gasteiger partial charge < -0.3 is 10.2 Å². The lowest BCUT2D eigenvalue weighted by molar-refractivity contribution is -0.140. The van der Waals surface area contributed by atoms with E-state index in [0.29, 0.717) is 5.56 Å². The molecule has 0 fully saturated rings. The molecule has 0 spiro atoms. The van der Waals surface area contributed by atoms with Crippen LogP contribution in [0.3, 0.4) is 0 Å². The Hall–Kier alpha value is -3.92. The van der Waals surface area contributed by atoms with Gasteiger partial charge in [0.05, 0.1) is 10.6 Å². The predicted molar refractivity (Wildman–Crippen MR) is 181 cm³/mol. The number of rotatable bonds is 11. The number of carbonyl (C=O) groups is 2. The molecule has 0 aliphatic rings. The molecule has 46 heavy (non-hydrogen) atoms. The Balaban J connectivity index is 1.85. The van der Waals surface area contributed by atoms with Gasteiger partial charge in [0.15, 0.2) is 0 Å². The highest BCUT2D eigenvalue weighted by atomic mass is 35.5. The lowest BCUT2D eigenvalue weighted by Crippen LogP contribution is -2.56. The van der Waals surface area contributed by atoms with Crippen LogP contribution in [0.5, 0.6) is 0 Å². The highest BCUT2D eigenvalue weighted by Crippen LogP contribution is 2.29. The van der Waals surface area contributed by atoms with Crippen molar-refractivity contribution in [1.82, 2.24) is 10.2 Å². The van der Waals surface area contributed by atoms with E-state index < -0.39 is 45.8 Å². The molecule has 0 unspecified atom stereocenters. The van der Waals surface area contributed by atoms with Crippen molar-refractivity contribution in [1.29, 1.82) is 0 Å². The second-order valence-electron chi connectivity index (χ2n) is 12.0. The second kappa shape index (κ2) is 14.7. The first-order chi connectivity index (χ1) is 21.7. The van der Waals surface area contributed by atoms with Gasteiger partial charge in [-0.15, -0.1) is 0 Å². The monoisotopic (exact) mass is 683 g/mol. The van der Waals surface area contributed by atoms with Crippen LogP contribution >= 0.6 is 23.2 Å². The van der Waals surface area contributed by atoms with Gasteiger partial charge in [0.1, 0.15) is 18.4 Å². The van der Waals surface area contributed by atoms with E-state index in [0.717, 1.165) is 27.6 Å². The number of benzene rings is 4.